The van der Waals surface area contributed by atoms with E-state index in [2.05, 4.69) is 25.0 Å². The standard InChI is InChI=1S/C16H25N3O/c1-11(2)13-5-7-16(10-17,8-6-13)15(20)14-9-19(4)18-12(14)3/h9,11,13,15,20H,5-8H2,1-4H3. The summed E-state index contributed by atoms with van der Waals surface area (Å²) in [7, 11) is 1.85. The highest BCUT2D eigenvalue weighted by Crippen LogP contribution is 2.48. The fourth-order valence-corrected chi connectivity index (χ4v) is 3.45. The number of hydrogen-bond acceptors (Lipinski definition) is 3. The van der Waals surface area contributed by atoms with Crippen LogP contribution in [0.1, 0.15) is 56.9 Å². The number of aryl methyl sites for hydroxylation is 2. The van der Waals surface area contributed by atoms with Crippen LogP contribution in [0, 0.1) is 35.5 Å². The lowest BCUT2D eigenvalue weighted by Gasteiger charge is -2.39. The molecule has 1 N–H and O–H groups in total. The normalized spacial score (nSPS) is 28.4. The van der Waals surface area contributed by atoms with E-state index in [1.165, 1.54) is 0 Å². The molecule has 0 aliphatic heterocycles. The van der Waals surface area contributed by atoms with Crippen molar-refractivity contribution in [2.75, 3.05) is 0 Å². The Labute approximate surface area is 121 Å². The zero-order valence-corrected chi connectivity index (χ0v) is 12.9. The van der Waals surface area contributed by atoms with Gasteiger partial charge in [0, 0.05) is 18.8 Å². The van der Waals surface area contributed by atoms with Crippen molar-refractivity contribution in [1.29, 1.82) is 5.26 Å². The molecule has 1 saturated carbocycles. The van der Waals surface area contributed by atoms with Crippen LogP contribution in [0.3, 0.4) is 0 Å². The highest BCUT2D eigenvalue weighted by atomic mass is 16.3. The molecule has 110 valence electrons. The maximum atomic E-state index is 10.7. The summed E-state index contributed by atoms with van der Waals surface area (Å²) in [6, 6.07) is 2.42. The van der Waals surface area contributed by atoms with E-state index in [-0.39, 0.29) is 0 Å². The Hall–Kier alpha value is -1.34. The maximum Gasteiger partial charge on any atom is 0.101 e. The summed E-state index contributed by atoms with van der Waals surface area (Å²) in [5.74, 6) is 1.34. The second kappa shape index (κ2) is 5.57. The van der Waals surface area contributed by atoms with Gasteiger partial charge < -0.3 is 5.11 Å². The average molecular weight is 275 g/mol. The van der Waals surface area contributed by atoms with Crippen LogP contribution in [-0.4, -0.2) is 14.9 Å². The Bertz CT molecular complexity index is 504. The zero-order valence-electron chi connectivity index (χ0n) is 12.9. The van der Waals surface area contributed by atoms with Crippen molar-refractivity contribution in [1.82, 2.24) is 9.78 Å². The molecule has 0 aromatic carbocycles. The highest BCUT2D eigenvalue weighted by molar-refractivity contribution is 5.24. The number of rotatable bonds is 3. The van der Waals surface area contributed by atoms with Crippen LogP contribution >= 0.6 is 0 Å². The Morgan fingerprint density at radius 3 is 2.45 bits per heavy atom. The first-order chi connectivity index (χ1) is 9.39. The number of aliphatic hydroxyl groups is 1. The Balaban J connectivity index is 2.21. The molecule has 1 aliphatic carbocycles. The van der Waals surface area contributed by atoms with Crippen molar-refractivity contribution < 1.29 is 5.11 Å². The second-order valence-corrected chi connectivity index (χ2v) is 6.60. The quantitative estimate of drug-likeness (QED) is 0.922. The predicted molar refractivity (Wildman–Crippen MR) is 77.7 cm³/mol. The SMILES string of the molecule is Cc1nn(C)cc1C(O)C1(C#N)CCC(C(C)C)CC1. The smallest absolute Gasteiger partial charge is 0.101 e. The molecule has 1 fully saturated rings. The molecule has 20 heavy (non-hydrogen) atoms. The average Bonchev–Trinajstić information content (AvgIpc) is 2.76. The van der Waals surface area contributed by atoms with Crippen molar-refractivity contribution >= 4 is 0 Å². The highest BCUT2D eigenvalue weighted by Gasteiger charge is 2.43. The minimum atomic E-state index is -0.727. The molecule has 0 amide bonds. The monoisotopic (exact) mass is 275 g/mol. The van der Waals surface area contributed by atoms with E-state index in [1.807, 2.05) is 20.2 Å². The van der Waals surface area contributed by atoms with Gasteiger partial charge in [0.25, 0.3) is 0 Å². The van der Waals surface area contributed by atoms with E-state index < -0.39 is 11.5 Å². The largest absolute Gasteiger partial charge is 0.387 e. The maximum absolute atomic E-state index is 10.7. The molecule has 2 rings (SSSR count). The third-order valence-electron chi connectivity index (χ3n) is 4.96. The number of nitriles is 1. The van der Waals surface area contributed by atoms with Crippen LogP contribution in [-0.2, 0) is 7.05 Å². The zero-order chi connectivity index (χ0) is 14.9. The molecule has 4 nitrogen and oxygen atoms in total. The van der Waals surface area contributed by atoms with Crippen LogP contribution in [0.25, 0.3) is 0 Å². The fourth-order valence-electron chi connectivity index (χ4n) is 3.45. The fraction of sp³-hybridized carbons (Fsp3) is 0.750. The van der Waals surface area contributed by atoms with Gasteiger partial charge in [-0.1, -0.05) is 13.8 Å². The van der Waals surface area contributed by atoms with Crippen molar-refractivity contribution in [2.24, 2.45) is 24.3 Å². The first-order valence-electron chi connectivity index (χ1n) is 7.49. The van der Waals surface area contributed by atoms with Gasteiger partial charge in [-0.2, -0.15) is 10.4 Å². The van der Waals surface area contributed by atoms with Gasteiger partial charge in [-0.05, 0) is 44.4 Å². The number of aliphatic hydroxyl groups excluding tert-OH is 1. The van der Waals surface area contributed by atoms with Crippen molar-refractivity contribution in [3.05, 3.63) is 17.5 Å². The van der Waals surface area contributed by atoms with Gasteiger partial charge in [-0.15, -0.1) is 0 Å². The molecular weight excluding hydrogens is 250 g/mol. The Kier molecular flexibility index (Phi) is 4.19. The second-order valence-electron chi connectivity index (χ2n) is 6.60. The summed E-state index contributed by atoms with van der Waals surface area (Å²) in [5, 5.41) is 24.7. The summed E-state index contributed by atoms with van der Waals surface area (Å²) < 4.78 is 1.71. The summed E-state index contributed by atoms with van der Waals surface area (Å²) >= 11 is 0. The third kappa shape index (κ3) is 2.60. The van der Waals surface area contributed by atoms with Gasteiger partial charge in [0.05, 0.1) is 17.2 Å². The molecule has 4 heteroatoms. The first-order valence-corrected chi connectivity index (χ1v) is 7.49. The summed E-state index contributed by atoms with van der Waals surface area (Å²) in [6.07, 6.45) is 4.73. The van der Waals surface area contributed by atoms with Crippen LogP contribution < -0.4 is 0 Å². The Morgan fingerprint density at radius 2 is 2.05 bits per heavy atom. The molecule has 0 radical (unpaired) electrons. The van der Waals surface area contributed by atoms with Gasteiger partial charge in [0.15, 0.2) is 0 Å². The van der Waals surface area contributed by atoms with Crippen LogP contribution in [0.5, 0.6) is 0 Å². The minimum absolute atomic E-state index is 0.640. The molecular formula is C16H25N3O. The van der Waals surface area contributed by atoms with E-state index in [0.29, 0.717) is 11.8 Å². The van der Waals surface area contributed by atoms with Crippen molar-refractivity contribution in [3.63, 3.8) is 0 Å². The molecule has 0 saturated heterocycles. The lowest BCUT2D eigenvalue weighted by molar-refractivity contribution is 0.0186. The van der Waals surface area contributed by atoms with Gasteiger partial charge in [0.2, 0.25) is 0 Å². The van der Waals surface area contributed by atoms with Gasteiger partial charge in [0.1, 0.15) is 6.10 Å². The topological polar surface area (TPSA) is 61.8 Å². The van der Waals surface area contributed by atoms with Crippen LogP contribution in [0.4, 0.5) is 0 Å². The molecule has 1 atom stereocenters. The number of nitrogens with zero attached hydrogens (tertiary/aromatic N) is 3. The number of aromatic nitrogens is 2. The van der Waals surface area contributed by atoms with E-state index in [0.717, 1.165) is 36.9 Å². The minimum Gasteiger partial charge on any atom is -0.387 e. The Morgan fingerprint density at radius 1 is 1.45 bits per heavy atom. The third-order valence-corrected chi connectivity index (χ3v) is 4.96. The molecule has 0 spiro atoms. The van der Waals surface area contributed by atoms with Gasteiger partial charge >= 0.3 is 0 Å². The predicted octanol–water partition coefficient (Wildman–Crippen LogP) is 3.12. The van der Waals surface area contributed by atoms with Crippen LogP contribution in [0.15, 0.2) is 6.20 Å². The number of hydrogen-bond donors (Lipinski definition) is 1. The lowest BCUT2D eigenvalue weighted by Crippen LogP contribution is -2.33. The van der Waals surface area contributed by atoms with Crippen molar-refractivity contribution in [3.8, 4) is 6.07 Å². The lowest BCUT2D eigenvalue weighted by atomic mass is 9.65. The van der Waals surface area contributed by atoms with Gasteiger partial charge in [-0.3, -0.25) is 4.68 Å². The summed E-state index contributed by atoms with van der Waals surface area (Å²) in [6.45, 7) is 6.38. The first kappa shape index (κ1) is 15.1. The molecule has 1 unspecified atom stereocenters. The van der Waals surface area contributed by atoms with E-state index in [9.17, 15) is 10.4 Å². The molecule has 1 aromatic rings. The molecule has 1 aromatic heterocycles. The van der Waals surface area contributed by atoms with Crippen LogP contribution in [0.2, 0.25) is 0 Å². The summed E-state index contributed by atoms with van der Waals surface area (Å²) in [4.78, 5) is 0. The molecule has 1 aliphatic rings. The molecule has 0 bridgehead atoms. The van der Waals surface area contributed by atoms with Gasteiger partial charge in [-0.25, -0.2) is 0 Å². The van der Waals surface area contributed by atoms with E-state index >= 15 is 0 Å². The van der Waals surface area contributed by atoms with E-state index in [1.54, 1.807) is 4.68 Å². The van der Waals surface area contributed by atoms with Crippen molar-refractivity contribution in [2.45, 2.75) is 52.6 Å². The molecule has 1 heterocycles. The van der Waals surface area contributed by atoms with E-state index in [4.69, 9.17) is 0 Å². The summed E-state index contributed by atoms with van der Waals surface area (Å²) in [5.41, 5.74) is 0.983.